The molecule has 4 rings (SSSR count). The van der Waals surface area contributed by atoms with Crippen molar-refractivity contribution in [1.82, 2.24) is 16.0 Å². The summed E-state index contributed by atoms with van der Waals surface area (Å²) in [4.78, 5) is 66.1. The molecule has 13 nitrogen and oxygen atoms in total. The van der Waals surface area contributed by atoms with Crippen LogP contribution in [0.25, 0.3) is 0 Å². The standard InChI is InChI=1S/C45H51N3O10/c1-6-37(42(50)48-40(30(2)3)44(52)58-41(33-14-9-7-10-15-33)34-16-11-8-12-17-34)46-39(49)19-13-18-38(43(51)56-28-31-20-24-35(54-4)25-21-31)47-45(53)57-29-32-22-26-36(55-5)27-23-32/h6-12,14-17,20-27,30,37-38,40-41H,1,13,18-19,28-29H2,2-5H3,(H,46,49)(H,47,53)(H,48,50)/t37-,38-,40+/m0/s1. The molecular formula is C45H51N3O10. The van der Waals surface area contributed by atoms with E-state index in [1.165, 1.54) is 6.08 Å². The Kier molecular flexibility index (Phi) is 17.3. The fourth-order valence-corrected chi connectivity index (χ4v) is 5.74. The van der Waals surface area contributed by atoms with Gasteiger partial charge in [0.05, 0.1) is 14.2 Å². The van der Waals surface area contributed by atoms with Crippen molar-refractivity contribution in [1.29, 1.82) is 0 Å². The number of rotatable bonds is 21. The fourth-order valence-electron chi connectivity index (χ4n) is 5.74. The van der Waals surface area contributed by atoms with E-state index >= 15 is 0 Å². The zero-order valence-electron chi connectivity index (χ0n) is 33.2. The first-order chi connectivity index (χ1) is 28.0. The molecule has 4 aromatic carbocycles. The van der Waals surface area contributed by atoms with Gasteiger partial charge in [0.15, 0.2) is 6.10 Å². The van der Waals surface area contributed by atoms with Crippen molar-refractivity contribution >= 4 is 29.8 Å². The second-order valence-electron chi connectivity index (χ2n) is 13.6. The van der Waals surface area contributed by atoms with Gasteiger partial charge in [0.2, 0.25) is 11.8 Å². The molecule has 0 radical (unpaired) electrons. The number of ether oxygens (including phenoxy) is 5. The Morgan fingerprint density at radius 2 is 1.17 bits per heavy atom. The Balaban J connectivity index is 1.34. The highest BCUT2D eigenvalue weighted by Gasteiger charge is 2.31. The lowest BCUT2D eigenvalue weighted by Gasteiger charge is -2.26. The molecule has 0 heterocycles. The number of hydrogen-bond donors (Lipinski definition) is 3. The number of amides is 3. The molecule has 58 heavy (non-hydrogen) atoms. The van der Waals surface area contributed by atoms with Gasteiger partial charge in [0.25, 0.3) is 0 Å². The first-order valence-electron chi connectivity index (χ1n) is 18.9. The highest BCUT2D eigenvalue weighted by atomic mass is 16.6. The van der Waals surface area contributed by atoms with Crippen LogP contribution in [0.15, 0.2) is 122 Å². The zero-order chi connectivity index (χ0) is 41.9. The summed E-state index contributed by atoms with van der Waals surface area (Å²) < 4.78 is 27.2. The van der Waals surface area contributed by atoms with Gasteiger partial charge in [0, 0.05) is 6.42 Å². The predicted molar refractivity (Wildman–Crippen MR) is 216 cm³/mol. The summed E-state index contributed by atoms with van der Waals surface area (Å²) in [6, 6.07) is 29.1. The van der Waals surface area contributed by atoms with Gasteiger partial charge in [-0.15, -0.1) is 6.58 Å². The van der Waals surface area contributed by atoms with Crippen LogP contribution in [0.3, 0.4) is 0 Å². The Bertz CT molecular complexity index is 1900. The summed E-state index contributed by atoms with van der Waals surface area (Å²) >= 11 is 0. The van der Waals surface area contributed by atoms with Crippen LogP contribution in [0, 0.1) is 5.92 Å². The summed E-state index contributed by atoms with van der Waals surface area (Å²) in [6.07, 6.45) is -0.286. The SMILES string of the molecule is C=C[C@H](NC(=O)CCC[C@H](NC(=O)OCc1ccc(OC)cc1)C(=O)OCc1ccc(OC)cc1)C(=O)N[C@@H](C(=O)OC(c1ccccc1)c1ccccc1)C(C)C. The first kappa shape index (κ1) is 44.1. The van der Waals surface area contributed by atoms with Crippen LogP contribution in [0.2, 0.25) is 0 Å². The quantitative estimate of drug-likeness (QED) is 0.0491. The van der Waals surface area contributed by atoms with Crippen LogP contribution in [-0.4, -0.2) is 62.2 Å². The van der Waals surface area contributed by atoms with Gasteiger partial charge in [-0.25, -0.2) is 14.4 Å². The van der Waals surface area contributed by atoms with E-state index in [0.717, 1.165) is 11.1 Å². The molecule has 0 fully saturated rings. The first-order valence-corrected chi connectivity index (χ1v) is 18.9. The average molecular weight is 794 g/mol. The molecule has 3 atom stereocenters. The minimum Gasteiger partial charge on any atom is -0.497 e. The van der Waals surface area contributed by atoms with Crippen LogP contribution in [-0.2, 0) is 46.6 Å². The Labute approximate surface area is 339 Å². The third kappa shape index (κ3) is 13.8. The highest BCUT2D eigenvalue weighted by Crippen LogP contribution is 2.27. The van der Waals surface area contributed by atoms with Gasteiger partial charge in [-0.2, -0.15) is 0 Å². The maximum absolute atomic E-state index is 13.6. The monoisotopic (exact) mass is 793 g/mol. The number of benzene rings is 4. The molecule has 0 spiro atoms. The van der Waals surface area contributed by atoms with E-state index in [2.05, 4.69) is 22.5 Å². The number of carbonyl (C=O) groups is 5. The Hall–Kier alpha value is -6.63. The molecular weight excluding hydrogens is 743 g/mol. The Morgan fingerprint density at radius 3 is 1.66 bits per heavy atom. The summed E-state index contributed by atoms with van der Waals surface area (Å²) in [5, 5.41) is 7.89. The number of methoxy groups -OCH3 is 2. The minimum absolute atomic E-state index is 0.0166. The molecule has 13 heteroatoms. The van der Waals surface area contributed by atoms with Crippen LogP contribution in [0.5, 0.6) is 11.5 Å². The molecule has 0 aliphatic heterocycles. The third-order valence-electron chi connectivity index (χ3n) is 9.03. The second-order valence-corrected chi connectivity index (χ2v) is 13.6. The fraction of sp³-hybridized carbons (Fsp3) is 0.311. The molecule has 0 aromatic heterocycles. The van der Waals surface area contributed by atoms with Crippen molar-refractivity contribution < 1.29 is 47.7 Å². The van der Waals surface area contributed by atoms with Gasteiger partial charge in [0.1, 0.15) is 42.8 Å². The van der Waals surface area contributed by atoms with Crippen LogP contribution >= 0.6 is 0 Å². The van der Waals surface area contributed by atoms with Gasteiger partial charge >= 0.3 is 18.0 Å². The number of nitrogens with one attached hydrogen (secondary N) is 3. The molecule has 0 aliphatic rings. The van der Waals surface area contributed by atoms with Crippen LogP contribution < -0.4 is 25.4 Å². The molecule has 3 amide bonds. The zero-order valence-corrected chi connectivity index (χ0v) is 33.2. The lowest BCUT2D eigenvalue weighted by atomic mass is 10.00. The second kappa shape index (κ2) is 22.8. The summed E-state index contributed by atoms with van der Waals surface area (Å²) in [5.41, 5.74) is 2.93. The van der Waals surface area contributed by atoms with E-state index in [9.17, 15) is 24.0 Å². The maximum atomic E-state index is 13.6. The van der Waals surface area contributed by atoms with Crippen molar-refractivity contribution in [3.8, 4) is 11.5 Å². The van der Waals surface area contributed by atoms with Gasteiger partial charge in [-0.3, -0.25) is 9.59 Å². The molecule has 4 aromatic rings. The highest BCUT2D eigenvalue weighted by molar-refractivity contribution is 5.92. The number of esters is 2. The molecule has 306 valence electrons. The van der Waals surface area contributed by atoms with E-state index < -0.39 is 54.1 Å². The Morgan fingerprint density at radius 1 is 0.655 bits per heavy atom. The third-order valence-corrected chi connectivity index (χ3v) is 9.03. The van der Waals surface area contributed by atoms with Crippen LogP contribution in [0.1, 0.15) is 61.5 Å². The van der Waals surface area contributed by atoms with Gasteiger partial charge in [-0.1, -0.05) is 105 Å². The lowest BCUT2D eigenvalue weighted by Crippen LogP contribution is -2.53. The largest absolute Gasteiger partial charge is 0.497 e. The van der Waals surface area contributed by atoms with Gasteiger partial charge in [-0.05, 0) is 65.3 Å². The van der Waals surface area contributed by atoms with Crippen LogP contribution in [0.4, 0.5) is 4.79 Å². The van der Waals surface area contributed by atoms with Crippen molar-refractivity contribution in [2.75, 3.05) is 14.2 Å². The topological polar surface area (TPSA) is 168 Å². The van der Waals surface area contributed by atoms with Crippen molar-refractivity contribution in [3.63, 3.8) is 0 Å². The summed E-state index contributed by atoms with van der Waals surface area (Å²) in [6.45, 7) is 7.12. The maximum Gasteiger partial charge on any atom is 0.408 e. The molecule has 0 bridgehead atoms. The molecule has 3 N–H and O–H groups in total. The average Bonchev–Trinajstić information content (AvgIpc) is 3.25. The van der Waals surface area contributed by atoms with Crippen molar-refractivity contribution in [2.45, 2.75) is 70.6 Å². The minimum atomic E-state index is -1.18. The summed E-state index contributed by atoms with van der Waals surface area (Å²) in [5.74, 6) is -1.62. The normalized spacial score (nSPS) is 12.3. The number of carbonyl (C=O) groups excluding carboxylic acids is 5. The van der Waals surface area contributed by atoms with Crippen molar-refractivity contribution in [2.24, 2.45) is 5.92 Å². The van der Waals surface area contributed by atoms with E-state index in [1.54, 1.807) is 76.6 Å². The van der Waals surface area contributed by atoms with E-state index in [1.807, 2.05) is 60.7 Å². The van der Waals surface area contributed by atoms with Gasteiger partial charge < -0.3 is 39.6 Å². The molecule has 0 aliphatic carbocycles. The number of hydrogen-bond acceptors (Lipinski definition) is 10. The smallest absolute Gasteiger partial charge is 0.408 e. The molecule has 0 unspecified atom stereocenters. The molecule has 0 saturated carbocycles. The van der Waals surface area contributed by atoms with Crippen molar-refractivity contribution in [3.05, 3.63) is 144 Å². The lowest BCUT2D eigenvalue weighted by molar-refractivity contribution is -0.153. The molecule has 0 saturated heterocycles. The predicted octanol–water partition coefficient (Wildman–Crippen LogP) is 6.36. The van der Waals surface area contributed by atoms with E-state index in [4.69, 9.17) is 23.7 Å². The van der Waals surface area contributed by atoms with E-state index in [-0.39, 0.29) is 38.4 Å². The number of alkyl carbamates (subject to hydrolysis) is 1. The summed E-state index contributed by atoms with van der Waals surface area (Å²) in [7, 11) is 3.09. The van der Waals surface area contributed by atoms with E-state index in [0.29, 0.717) is 22.6 Å².